The van der Waals surface area contributed by atoms with Crippen molar-refractivity contribution < 1.29 is 22.7 Å². The third kappa shape index (κ3) is 4.74. The summed E-state index contributed by atoms with van der Waals surface area (Å²) in [6.45, 7) is 2.23. The molecule has 0 saturated heterocycles. The number of amides is 1. The van der Waals surface area contributed by atoms with Crippen molar-refractivity contribution in [2.24, 2.45) is 0 Å². The second kappa shape index (κ2) is 8.68. The second-order valence-electron chi connectivity index (χ2n) is 5.40. The first-order valence-electron chi connectivity index (χ1n) is 8.00. The summed E-state index contributed by atoms with van der Waals surface area (Å²) in [4.78, 5) is 12.4. The van der Waals surface area contributed by atoms with E-state index in [1.807, 2.05) is 6.07 Å². The fraction of sp³-hybridized carbons (Fsp3) is 0.278. The topological polar surface area (TPSA) is 93.7 Å². The molecule has 0 unspecified atom stereocenters. The van der Waals surface area contributed by atoms with Crippen molar-refractivity contribution in [2.45, 2.75) is 18.4 Å². The molecule has 0 aromatic heterocycles. The normalized spacial score (nSPS) is 11.0. The van der Waals surface area contributed by atoms with E-state index in [4.69, 9.17) is 9.47 Å². The number of sulfonamides is 1. The van der Waals surface area contributed by atoms with Crippen LogP contribution in [0.4, 0.5) is 0 Å². The zero-order chi connectivity index (χ0) is 19.2. The lowest BCUT2D eigenvalue weighted by Crippen LogP contribution is -2.25. The van der Waals surface area contributed by atoms with Gasteiger partial charge in [0, 0.05) is 18.7 Å². The number of methoxy groups -OCH3 is 2. The smallest absolute Gasteiger partial charge is 0.251 e. The van der Waals surface area contributed by atoms with Crippen LogP contribution in [0.2, 0.25) is 0 Å². The quantitative estimate of drug-likeness (QED) is 0.732. The molecule has 2 aromatic carbocycles. The van der Waals surface area contributed by atoms with Crippen LogP contribution >= 0.6 is 0 Å². The van der Waals surface area contributed by atoms with E-state index in [1.54, 1.807) is 32.2 Å². The van der Waals surface area contributed by atoms with Crippen LogP contribution in [-0.2, 0) is 16.6 Å². The van der Waals surface area contributed by atoms with Gasteiger partial charge < -0.3 is 14.8 Å². The van der Waals surface area contributed by atoms with E-state index < -0.39 is 10.0 Å². The van der Waals surface area contributed by atoms with Gasteiger partial charge in [-0.25, -0.2) is 13.1 Å². The first-order chi connectivity index (χ1) is 12.4. The van der Waals surface area contributed by atoms with Gasteiger partial charge in [-0.15, -0.1) is 0 Å². The molecule has 0 fully saturated rings. The van der Waals surface area contributed by atoms with Gasteiger partial charge >= 0.3 is 0 Å². The van der Waals surface area contributed by atoms with Crippen molar-refractivity contribution in [1.82, 2.24) is 10.0 Å². The molecule has 0 radical (unpaired) electrons. The third-order valence-corrected chi connectivity index (χ3v) is 5.19. The van der Waals surface area contributed by atoms with Gasteiger partial charge in [-0.05, 0) is 35.9 Å². The molecule has 0 heterocycles. The van der Waals surface area contributed by atoms with Gasteiger partial charge in [0.25, 0.3) is 5.91 Å². The number of carbonyl (C=O) groups excluding carboxylic acids is 1. The summed E-state index contributed by atoms with van der Waals surface area (Å²) >= 11 is 0. The van der Waals surface area contributed by atoms with Crippen molar-refractivity contribution in [3.05, 3.63) is 53.6 Å². The summed E-state index contributed by atoms with van der Waals surface area (Å²) in [5, 5.41) is 2.76. The summed E-state index contributed by atoms with van der Waals surface area (Å²) in [6.07, 6.45) is 0. The van der Waals surface area contributed by atoms with Crippen LogP contribution in [0.15, 0.2) is 47.4 Å². The Labute approximate surface area is 153 Å². The molecule has 0 atom stereocenters. The SMILES string of the molecule is CCNS(=O)(=O)c1cccc(C(=O)NCc2ccc(OC)c(OC)c2)c1. The van der Waals surface area contributed by atoms with Crippen molar-refractivity contribution in [1.29, 1.82) is 0 Å². The van der Waals surface area contributed by atoms with E-state index in [0.717, 1.165) is 5.56 Å². The van der Waals surface area contributed by atoms with Crippen LogP contribution in [0.25, 0.3) is 0 Å². The third-order valence-electron chi connectivity index (χ3n) is 3.64. The zero-order valence-corrected chi connectivity index (χ0v) is 15.7. The Morgan fingerprint density at radius 1 is 1.04 bits per heavy atom. The lowest BCUT2D eigenvalue weighted by molar-refractivity contribution is 0.0950. The maximum atomic E-state index is 12.4. The molecule has 26 heavy (non-hydrogen) atoms. The average Bonchev–Trinajstić information content (AvgIpc) is 2.65. The fourth-order valence-electron chi connectivity index (χ4n) is 2.35. The molecule has 7 nitrogen and oxygen atoms in total. The van der Waals surface area contributed by atoms with E-state index in [2.05, 4.69) is 10.0 Å². The van der Waals surface area contributed by atoms with E-state index >= 15 is 0 Å². The highest BCUT2D eigenvalue weighted by atomic mass is 32.2. The molecule has 0 aliphatic rings. The molecule has 0 aliphatic heterocycles. The van der Waals surface area contributed by atoms with Gasteiger partial charge in [-0.1, -0.05) is 19.1 Å². The molecule has 0 aliphatic carbocycles. The van der Waals surface area contributed by atoms with Gasteiger partial charge in [0.15, 0.2) is 11.5 Å². The van der Waals surface area contributed by atoms with Crippen LogP contribution in [0, 0.1) is 0 Å². The Kier molecular flexibility index (Phi) is 6.59. The van der Waals surface area contributed by atoms with Gasteiger partial charge in [0.1, 0.15) is 0 Å². The molecule has 140 valence electrons. The van der Waals surface area contributed by atoms with Gasteiger partial charge in [0.05, 0.1) is 19.1 Å². The van der Waals surface area contributed by atoms with Crippen LogP contribution < -0.4 is 19.5 Å². The first kappa shape index (κ1) is 19.7. The summed E-state index contributed by atoms with van der Waals surface area (Å²) in [6, 6.07) is 11.2. The molecule has 0 spiro atoms. The van der Waals surface area contributed by atoms with Crippen molar-refractivity contribution in [3.8, 4) is 11.5 Å². The van der Waals surface area contributed by atoms with E-state index in [9.17, 15) is 13.2 Å². The lowest BCUT2D eigenvalue weighted by atomic mass is 10.1. The highest BCUT2D eigenvalue weighted by molar-refractivity contribution is 7.89. The van der Waals surface area contributed by atoms with Crippen molar-refractivity contribution >= 4 is 15.9 Å². The standard InChI is InChI=1S/C18H22N2O5S/c1-4-20-26(22,23)15-7-5-6-14(11-15)18(21)19-12-13-8-9-16(24-2)17(10-13)25-3/h5-11,20H,4,12H2,1-3H3,(H,19,21). The van der Waals surface area contributed by atoms with Gasteiger partial charge in [-0.3, -0.25) is 4.79 Å². The number of nitrogens with one attached hydrogen (secondary N) is 2. The zero-order valence-electron chi connectivity index (χ0n) is 14.9. The molecule has 1 amide bonds. The van der Waals surface area contributed by atoms with Gasteiger partial charge in [0.2, 0.25) is 10.0 Å². The summed E-state index contributed by atoms with van der Waals surface area (Å²) in [7, 11) is -0.523. The summed E-state index contributed by atoms with van der Waals surface area (Å²) in [5.41, 5.74) is 1.09. The Morgan fingerprint density at radius 2 is 1.77 bits per heavy atom. The monoisotopic (exact) mass is 378 g/mol. The minimum Gasteiger partial charge on any atom is -0.493 e. The number of benzene rings is 2. The van der Waals surface area contributed by atoms with Crippen molar-refractivity contribution in [2.75, 3.05) is 20.8 Å². The van der Waals surface area contributed by atoms with E-state index in [0.29, 0.717) is 11.5 Å². The predicted molar refractivity (Wildman–Crippen MR) is 98.0 cm³/mol. The maximum Gasteiger partial charge on any atom is 0.251 e. The number of hydrogen-bond donors (Lipinski definition) is 2. The fourth-order valence-corrected chi connectivity index (χ4v) is 3.44. The second-order valence-corrected chi connectivity index (χ2v) is 7.17. The largest absolute Gasteiger partial charge is 0.493 e. The van der Waals surface area contributed by atoms with Crippen LogP contribution in [0.1, 0.15) is 22.8 Å². The molecule has 2 aromatic rings. The Morgan fingerprint density at radius 3 is 2.42 bits per heavy atom. The first-order valence-corrected chi connectivity index (χ1v) is 9.48. The lowest BCUT2D eigenvalue weighted by Gasteiger charge is -2.11. The number of ether oxygens (including phenoxy) is 2. The molecular formula is C18H22N2O5S. The molecule has 2 rings (SSSR count). The van der Waals surface area contributed by atoms with E-state index in [1.165, 1.54) is 25.3 Å². The Hall–Kier alpha value is -2.58. The Balaban J connectivity index is 2.11. The maximum absolute atomic E-state index is 12.4. The highest BCUT2D eigenvalue weighted by Gasteiger charge is 2.15. The molecular weight excluding hydrogens is 356 g/mol. The average molecular weight is 378 g/mol. The van der Waals surface area contributed by atoms with Gasteiger partial charge in [-0.2, -0.15) is 0 Å². The van der Waals surface area contributed by atoms with Crippen LogP contribution in [0.5, 0.6) is 11.5 Å². The molecule has 8 heteroatoms. The van der Waals surface area contributed by atoms with Crippen LogP contribution in [-0.4, -0.2) is 35.1 Å². The summed E-state index contributed by atoms with van der Waals surface area (Å²) < 4.78 is 36.9. The number of hydrogen-bond acceptors (Lipinski definition) is 5. The highest BCUT2D eigenvalue weighted by Crippen LogP contribution is 2.27. The van der Waals surface area contributed by atoms with Crippen LogP contribution in [0.3, 0.4) is 0 Å². The minimum absolute atomic E-state index is 0.0538. The number of rotatable bonds is 8. The minimum atomic E-state index is -3.61. The number of carbonyl (C=O) groups is 1. The van der Waals surface area contributed by atoms with Crippen molar-refractivity contribution in [3.63, 3.8) is 0 Å². The predicted octanol–water partition coefficient (Wildman–Crippen LogP) is 1.93. The van der Waals surface area contributed by atoms with E-state index in [-0.39, 0.29) is 29.5 Å². The molecule has 2 N–H and O–H groups in total. The summed E-state index contributed by atoms with van der Waals surface area (Å²) in [5.74, 6) is 0.801. The molecule has 0 saturated carbocycles. The Bertz CT molecular complexity index is 881. The molecule has 0 bridgehead atoms.